The third-order valence-electron chi connectivity index (χ3n) is 5.86. The average molecular weight is 438 g/mol. The Labute approximate surface area is 173 Å². The minimum Gasteiger partial charge on any atom is -0.264 e. The summed E-state index contributed by atoms with van der Waals surface area (Å²) in [5, 5.41) is 10.3. The SMILES string of the molecule is O=[N+]([O-])[C@@H]1[C@H]2CC[C@H]([C@@H](Cl)[C@@H]2Sc2ccccc2)[C@H]1S(=O)(=O)c1ccccc1. The van der Waals surface area contributed by atoms with Crippen LogP contribution in [0.1, 0.15) is 12.8 Å². The monoisotopic (exact) mass is 437 g/mol. The maximum absolute atomic E-state index is 13.3. The summed E-state index contributed by atoms with van der Waals surface area (Å²) >= 11 is 8.31. The largest absolute Gasteiger partial charge is 0.264 e. The molecule has 3 aliphatic rings. The van der Waals surface area contributed by atoms with Crippen molar-refractivity contribution in [1.82, 2.24) is 0 Å². The molecule has 6 atom stereocenters. The first-order valence-electron chi connectivity index (χ1n) is 9.19. The van der Waals surface area contributed by atoms with Crippen molar-refractivity contribution < 1.29 is 13.3 Å². The standard InChI is InChI=1S/C20H20ClNO4S2/c21-17-15-11-12-16(19(17)27-13-7-3-1-4-8-13)18(22(23)24)20(15)28(25,26)14-9-5-2-6-10-14/h1-10,15-20H,11-12H2/t15-,16-,17-,18-,19-,20-/m1/s1. The van der Waals surface area contributed by atoms with Gasteiger partial charge in [0.1, 0.15) is 5.25 Å². The first kappa shape index (κ1) is 19.7. The van der Waals surface area contributed by atoms with Gasteiger partial charge in [-0.25, -0.2) is 8.42 Å². The second-order valence-electron chi connectivity index (χ2n) is 7.34. The smallest absolute Gasteiger partial charge is 0.234 e. The van der Waals surface area contributed by atoms with Gasteiger partial charge in [0.25, 0.3) is 0 Å². The number of nitro groups is 1. The van der Waals surface area contributed by atoms with E-state index in [1.807, 2.05) is 30.3 Å². The maximum atomic E-state index is 13.3. The molecule has 0 heterocycles. The number of hydrogen-bond acceptors (Lipinski definition) is 5. The summed E-state index contributed by atoms with van der Waals surface area (Å²) in [7, 11) is -3.85. The summed E-state index contributed by atoms with van der Waals surface area (Å²) in [4.78, 5) is 12.8. The van der Waals surface area contributed by atoms with E-state index in [-0.39, 0.29) is 21.0 Å². The third kappa shape index (κ3) is 3.33. The molecule has 0 spiro atoms. The van der Waals surface area contributed by atoms with Gasteiger partial charge in [-0.15, -0.1) is 23.4 Å². The number of sulfone groups is 1. The number of fused-ring (bicyclic) bond motifs is 3. The number of alkyl halides is 1. The summed E-state index contributed by atoms with van der Waals surface area (Å²) in [6, 6.07) is 16.5. The zero-order valence-electron chi connectivity index (χ0n) is 14.9. The molecule has 2 aromatic rings. The number of thioether (sulfide) groups is 1. The molecule has 3 aliphatic carbocycles. The van der Waals surface area contributed by atoms with Gasteiger partial charge >= 0.3 is 0 Å². The van der Waals surface area contributed by atoms with Crippen LogP contribution in [0.3, 0.4) is 0 Å². The van der Waals surface area contributed by atoms with Gasteiger partial charge in [0.2, 0.25) is 6.04 Å². The first-order valence-corrected chi connectivity index (χ1v) is 12.1. The highest BCUT2D eigenvalue weighted by Gasteiger charge is 2.63. The molecule has 148 valence electrons. The minimum atomic E-state index is -3.85. The van der Waals surface area contributed by atoms with Gasteiger partial charge in [0, 0.05) is 26.9 Å². The topological polar surface area (TPSA) is 77.3 Å². The molecule has 0 radical (unpaired) electrons. The highest BCUT2D eigenvalue weighted by atomic mass is 35.5. The van der Waals surface area contributed by atoms with Crippen LogP contribution in [0.5, 0.6) is 0 Å². The second kappa shape index (κ2) is 7.69. The van der Waals surface area contributed by atoms with Gasteiger partial charge in [-0.2, -0.15) is 0 Å². The van der Waals surface area contributed by atoms with Crippen LogP contribution in [0.15, 0.2) is 70.5 Å². The molecule has 2 bridgehead atoms. The van der Waals surface area contributed by atoms with Crippen LogP contribution < -0.4 is 0 Å². The lowest BCUT2D eigenvalue weighted by Crippen LogP contribution is -2.63. The van der Waals surface area contributed by atoms with Crippen LogP contribution in [0.25, 0.3) is 0 Å². The van der Waals surface area contributed by atoms with Crippen molar-refractivity contribution in [2.75, 3.05) is 0 Å². The molecule has 0 N–H and O–H groups in total. The highest BCUT2D eigenvalue weighted by Crippen LogP contribution is 2.53. The lowest BCUT2D eigenvalue weighted by atomic mass is 9.67. The van der Waals surface area contributed by atoms with E-state index in [2.05, 4.69) is 0 Å². The van der Waals surface area contributed by atoms with Crippen LogP contribution in [-0.4, -0.2) is 35.3 Å². The average Bonchev–Trinajstić information content (AvgIpc) is 2.71. The zero-order chi connectivity index (χ0) is 19.9. The summed E-state index contributed by atoms with van der Waals surface area (Å²) in [6.07, 6.45) is 1.23. The Hall–Kier alpha value is -1.57. The van der Waals surface area contributed by atoms with E-state index in [4.69, 9.17) is 11.6 Å². The summed E-state index contributed by atoms with van der Waals surface area (Å²) < 4.78 is 26.7. The molecule has 0 aliphatic heterocycles. The van der Waals surface area contributed by atoms with Gasteiger partial charge in [0.15, 0.2) is 9.84 Å². The van der Waals surface area contributed by atoms with Crippen LogP contribution in [-0.2, 0) is 9.84 Å². The number of nitrogens with zero attached hydrogens (tertiary/aromatic N) is 1. The summed E-state index contributed by atoms with van der Waals surface area (Å²) in [5.41, 5.74) is 0. The second-order valence-corrected chi connectivity index (χ2v) is 11.2. The van der Waals surface area contributed by atoms with E-state index in [1.165, 1.54) is 23.9 Å². The lowest BCUT2D eigenvalue weighted by Gasteiger charge is -2.50. The van der Waals surface area contributed by atoms with Gasteiger partial charge in [0.05, 0.1) is 10.3 Å². The summed E-state index contributed by atoms with van der Waals surface area (Å²) in [5.74, 6) is -0.815. The Kier molecular flexibility index (Phi) is 5.42. The molecule has 2 aromatic carbocycles. The number of halogens is 1. The molecule has 3 saturated carbocycles. The van der Waals surface area contributed by atoms with Crippen molar-refractivity contribution >= 4 is 33.2 Å². The molecule has 8 heteroatoms. The van der Waals surface area contributed by atoms with Crippen LogP contribution in [0.2, 0.25) is 0 Å². The van der Waals surface area contributed by atoms with E-state index in [9.17, 15) is 18.5 Å². The first-order chi connectivity index (χ1) is 13.4. The fourth-order valence-corrected chi connectivity index (χ4v) is 9.09. The number of hydrogen-bond donors (Lipinski definition) is 0. The van der Waals surface area contributed by atoms with Gasteiger partial charge < -0.3 is 0 Å². The van der Waals surface area contributed by atoms with E-state index in [0.29, 0.717) is 12.8 Å². The Balaban J connectivity index is 1.72. The molecular formula is C20H20ClNO4S2. The van der Waals surface area contributed by atoms with Crippen molar-refractivity contribution in [1.29, 1.82) is 0 Å². The Morgan fingerprint density at radius 3 is 2.14 bits per heavy atom. The molecule has 28 heavy (non-hydrogen) atoms. The van der Waals surface area contributed by atoms with E-state index >= 15 is 0 Å². The third-order valence-corrected chi connectivity index (χ3v) is 10.3. The summed E-state index contributed by atoms with van der Waals surface area (Å²) in [6.45, 7) is 0. The van der Waals surface area contributed by atoms with Crippen molar-refractivity contribution in [3.8, 4) is 0 Å². The number of benzene rings is 2. The van der Waals surface area contributed by atoms with Crippen molar-refractivity contribution in [2.24, 2.45) is 11.8 Å². The van der Waals surface area contributed by atoms with Crippen molar-refractivity contribution in [2.45, 2.75) is 44.6 Å². The molecular weight excluding hydrogens is 418 g/mol. The molecule has 0 unspecified atom stereocenters. The van der Waals surface area contributed by atoms with Gasteiger partial charge in [-0.3, -0.25) is 10.1 Å². The Bertz CT molecular complexity index is 955. The Morgan fingerprint density at radius 1 is 0.964 bits per heavy atom. The van der Waals surface area contributed by atoms with Gasteiger partial charge in [-0.1, -0.05) is 36.4 Å². The Morgan fingerprint density at radius 2 is 1.54 bits per heavy atom. The highest BCUT2D eigenvalue weighted by molar-refractivity contribution is 8.00. The predicted molar refractivity (Wildman–Crippen MR) is 110 cm³/mol. The molecule has 0 amide bonds. The fourth-order valence-electron chi connectivity index (χ4n) is 4.66. The zero-order valence-corrected chi connectivity index (χ0v) is 17.3. The van der Waals surface area contributed by atoms with Gasteiger partial charge in [-0.05, 0) is 37.1 Å². The van der Waals surface area contributed by atoms with Crippen molar-refractivity contribution in [3.63, 3.8) is 0 Å². The fraction of sp³-hybridized carbons (Fsp3) is 0.400. The van der Waals surface area contributed by atoms with Crippen molar-refractivity contribution in [3.05, 3.63) is 70.8 Å². The molecule has 0 aromatic heterocycles. The van der Waals surface area contributed by atoms with Crippen LogP contribution in [0, 0.1) is 22.0 Å². The van der Waals surface area contributed by atoms with E-state index < -0.39 is 32.4 Å². The van der Waals surface area contributed by atoms with E-state index in [1.54, 1.807) is 18.2 Å². The minimum absolute atomic E-state index is 0.135. The normalized spacial score (nSPS) is 32.2. The molecule has 5 rings (SSSR count). The molecule has 3 fully saturated rings. The van der Waals surface area contributed by atoms with E-state index in [0.717, 1.165) is 4.90 Å². The quantitative estimate of drug-likeness (QED) is 0.396. The number of rotatable bonds is 5. The predicted octanol–water partition coefficient (Wildman–Crippen LogP) is 4.28. The van der Waals surface area contributed by atoms with Crippen LogP contribution in [0.4, 0.5) is 0 Å². The molecule has 0 saturated heterocycles. The van der Waals surface area contributed by atoms with Crippen LogP contribution >= 0.6 is 23.4 Å². The molecule has 5 nitrogen and oxygen atoms in total. The lowest BCUT2D eigenvalue weighted by molar-refractivity contribution is -0.538. The maximum Gasteiger partial charge on any atom is 0.234 e.